The van der Waals surface area contributed by atoms with Crippen molar-refractivity contribution in [2.24, 2.45) is 0 Å². The predicted octanol–water partition coefficient (Wildman–Crippen LogP) is 6.99. The maximum absolute atomic E-state index is 6.16. The molecule has 0 bridgehead atoms. The second-order valence-electron chi connectivity index (χ2n) is 8.53. The van der Waals surface area contributed by atoms with E-state index in [0.717, 1.165) is 41.1 Å². The normalized spacial score (nSPS) is 11.1. The van der Waals surface area contributed by atoms with E-state index in [-0.39, 0.29) is 0 Å². The molecule has 0 N–H and O–H groups in total. The maximum atomic E-state index is 6.16. The molecule has 0 aliphatic heterocycles. The van der Waals surface area contributed by atoms with Gasteiger partial charge in [0.15, 0.2) is 0 Å². The fraction of sp³-hybridized carbons (Fsp3) is 0.167. The summed E-state index contributed by atoms with van der Waals surface area (Å²) in [6.07, 6.45) is 0.785. The van der Waals surface area contributed by atoms with Crippen LogP contribution in [-0.4, -0.2) is 16.2 Å². The Hall–Kier alpha value is -3.85. The minimum Gasteiger partial charge on any atom is -0.491 e. The molecule has 5 rings (SSSR count). The highest BCUT2D eigenvalue weighted by molar-refractivity contribution is 5.76. The third-order valence-corrected chi connectivity index (χ3v) is 6.07. The Morgan fingerprint density at radius 2 is 1.48 bits per heavy atom. The summed E-state index contributed by atoms with van der Waals surface area (Å²) in [6.45, 7) is 5.54. The zero-order chi connectivity index (χ0) is 22.6. The fourth-order valence-electron chi connectivity index (χ4n) is 4.25. The molecule has 0 fully saturated rings. The Morgan fingerprint density at radius 1 is 0.758 bits per heavy atom. The molecule has 3 heteroatoms. The van der Waals surface area contributed by atoms with Gasteiger partial charge in [-0.25, -0.2) is 4.98 Å². The van der Waals surface area contributed by atoms with E-state index in [1.807, 2.05) is 12.1 Å². The van der Waals surface area contributed by atoms with E-state index in [4.69, 9.17) is 9.72 Å². The third kappa shape index (κ3) is 4.68. The van der Waals surface area contributed by atoms with Gasteiger partial charge in [0.1, 0.15) is 18.2 Å². The van der Waals surface area contributed by atoms with Gasteiger partial charge in [0.05, 0.1) is 17.6 Å². The Bertz CT molecular complexity index is 1370. The van der Waals surface area contributed by atoms with E-state index in [0.29, 0.717) is 6.61 Å². The smallest absolute Gasteiger partial charge is 0.122 e. The molecule has 0 radical (unpaired) electrons. The van der Waals surface area contributed by atoms with Crippen LogP contribution < -0.4 is 4.74 Å². The monoisotopic (exact) mass is 432 g/mol. The molecule has 1 aromatic heterocycles. The summed E-state index contributed by atoms with van der Waals surface area (Å²) in [7, 11) is 0. The molecular weight excluding hydrogens is 404 g/mol. The van der Waals surface area contributed by atoms with Crippen LogP contribution in [0.25, 0.3) is 22.2 Å². The quantitative estimate of drug-likeness (QED) is 0.277. The van der Waals surface area contributed by atoms with Crippen molar-refractivity contribution >= 4 is 11.0 Å². The van der Waals surface area contributed by atoms with Gasteiger partial charge in [-0.15, -0.1) is 0 Å². The van der Waals surface area contributed by atoms with E-state index in [2.05, 4.69) is 103 Å². The van der Waals surface area contributed by atoms with Crippen molar-refractivity contribution in [3.8, 4) is 16.9 Å². The van der Waals surface area contributed by atoms with Crippen LogP contribution in [0.15, 0.2) is 97.1 Å². The summed E-state index contributed by atoms with van der Waals surface area (Å²) in [4.78, 5) is 4.95. The summed E-state index contributed by atoms with van der Waals surface area (Å²) in [6, 6.07) is 34.0. The van der Waals surface area contributed by atoms with Crippen LogP contribution in [0.4, 0.5) is 0 Å². The van der Waals surface area contributed by atoms with E-state index < -0.39 is 0 Å². The first-order valence-electron chi connectivity index (χ1n) is 11.5. The van der Waals surface area contributed by atoms with E-state index in [1.54, 1.807) is 0 Å². The molecule has 0 amide bonds. The lowest BCUT2D eigenvalue weighted by molar-refractivity contribution is 0.296. The molecule has 0 atom stereocenters. The number of rotatable bonds is 7. The van der Waals surface area contributed by atoms with Crippen molar-refractivity contribution in [3.05, 3.63) is 120 Å². The summed E-state index contributed by atoms with van der Waals surface area (Å²) >= 11 is 0. The second kappa shape index (κ2) is 9.33. The number of aryl methyl sites for hydroxylation is 2. The minimum absolute atomic E-state index is 0.602. The number of hydrogen-bond donors (Lipinski definition) is 0. The largest absolute Gasteiger partial charge is 0.491 e. The molecule has 0 spiro atoms. The number of hydrogen-bond acceptors (Lipinski definition) is 2. The molecule has 0 aliphatic rings. The van der Waals surface area contributed by atoms with Crippen molar-refractivity contribution in [3.63, 3.8) is 0 Å². The van der Waals surface area contributed by atoms with Crippen molar-refractivity contribution in [2.45, 2.75) is 26.8 Å². The van der Waals surface area contributed by atoms with Crippen molar-refractivity contribution < 1.29 is 4.74 Å². The van der Waals surface area contributed by atoms with Crippen LogP contribution in [0, 0.1) is 13.8 Å². The first-order valence-corrected chi connectivity index (χ1v) is 11.5. The number of ether oxygens (including phenoxy) is 1. The summed E-state index contributed by atoms with van der Waals surface area (Å²) in [5.41, 5.74) is 8.27. The summed E-state index contributed by atoms with van der Waals surface area (Å²) < 4.78 is 8.46. The standard InChI is InChI=1S/C30H28N2O/c1-22-12-13-23(2)29(20-22)33-19-18-32-28-11-7-6-10-27(28)31-30(32)21-24-14-16-26(17-15-24)25-8-4-3-5-9-25/h3-17,20H,18-19,21H2,1-2H3. The summed E-state index contributed by atoms with van der Waals surface area (Å²) in [5.74, 6) is 2.02. The Morgan fingerprint density at radius 3 is 2.30 bits per heavy atom. The average Bonchev–Trinajstić information content (AvgIpc) is 3.19. The number of fused-ring (bicyclic) bond motifs is 1. The third-order valence-electron chi connectivity index (χ3n) is 6.07. The van der Waals surface area contributed by atoms with Crippen LogP contribution in [0.1, 0.15) is 22.5 Å². The highest BCUT2D eigenvalue weighted by Crippen LogP contribution is 2.23. The van der Waals surface area contributed by atoms with Gasteiger partial charge in [-0.2, -0.15) is 0 Å². The second-order valence-corrected chi connectivity index (χ2v) is 8.53. The van der Waals surface area contributed by atoms with Crippen molar-refractivity contribution in [2.75, 3.05) is 6.61 Å². The van der Waals surface area contributed by atoms with Crippen LogP contribution in [-0.2, 0) is 13.0 Å². The number of para-hydroxylation sites is 2. The first kappa shape index (κ1) is 21.0. The lowest BCUT2D eigenvalue weighted by Gasteiger charge is -2.13. The topological polar surface area (TPSA) is 27.1 Å². The molecule has 33 heavy (non-hydrogen) atoms. The van der Waals surface area contributed by atoms with E-state index in [9.17, 15) is 0 Å². The number of benzene rings is 4. The molecule has 0 saturated heterocycles. The van der Waals surface area contributed by atoms with E-state index >= 15 is 0 Å². The van der Waals surface area contributed by atoms with Crippen LogP contribution in [0.5, 0.6) is 5.75 Å². The summed E-state index contributed by atoms with van der Waals surface area (Å²) in [5, 5.41) is 0. The fourth-order valence-corrected chi connectivity index (χ4v) is 4.25. The first-order chi connectivity index (χ1) is 16.2. The Balaban J connectivity index is 1.37. The highest BCUT2D eigenvalue weighted by Gasteiger charge is 2.12. The molecule has 5 aromatic rings. The average molecular weight is 433 g/mol. The molecule has 1 heterocycles. The van der Waals surface area contributed by atoms with Crippen LogP contribution in [0.2, 0.25) is 0 Å². The Kier molecular flexibility index (Phi) is 5.95. The molecule has 0 unspecified atom stereocenters. The minimum atomic E-state index is 0.602. The molecule has 4 aromatic carbocycles. The zero-order valence-electron chi connectivity index (χ0n) is 19.2. The maximum Gasteiger partial charge on any atom is 0.122 e. The van der Waals surface area contributed by atoms with Gasteiger partial charge < -0.3 is 9.30 Å². The lowest BCUT2D eigenvalue weighted by Crippen LogP contribution is -2.12. The van der Waals surface area contributed by atoms with Gasteiger partial charge in [0.25, 0.3) is 0 Å². The zero-order valence-corrected chi connectivity index (χ0v) is 19.2. The number of nitrogens with zero attached hydrogens (tertiary/aromatic N) is 2. The molecule has 0 saturated carbocycles. The molecule has 3 nitrogen and oxygen atoms in total. The van der Waals surface area contributed by atoms with Crippen molar-refractivity contribution in [1.82, 2.24) is 9.55 Å². The van der Waals surface area contributed by atoms with Crippen LogP contribution in [0.3, 0.4) is 0 Å². The number of aromatic nitrogens is 2. The Labute approximate surface area is 195 Å². The van der Waals surface area contributed by atoms with Crippen LogP contribution >= 0.6 is 0 Å². The highest BCUT2D eigenvalue weighted by atomic mass is 16.5. The van der Waals surface area contributed by atoms with E-state index in [1.165, 1.54) is 22.3 Å². The SMILES string of the molecule is Cc1ccc(C)c(OCCn2c(Cc3ccc(-c4ccccc4)cc3)nc3ccccc32)c1. The van der Waals surface area contributed by atoms with Gasteiger partial charge in [0, 0.05) is 6.42 Å². The number of imidazole rings is 1. The lowest BCUT2D eigenvalue weighted by atomic mass is 10.0. The van der Waals surface area contributed by atoms with Gasteiger partial charge in [-0.05, 0) is 59.9 Å². The van der Waals surface area contributed by atoms with Gasteiger partial charge in [-0.1, -0.05) is 78.9 Å². The van der Waals surface area contributed by atoms with Gasteiger partial charge in [-0.3, -0.25) is 0 Å². The van der Waals surface area contributed by atoms with Gasteiger partial charge in [0.2, 0.25) is 0 Å². The molecule has 0 aliphatic carbocycles. The van der Waals surface area contributed by atoms with Crippen molar-refractivity contribution in [1.29, 1.82) is 0 Å². The predicted molar refractivity (Wildman–Crippen MR) is 136 cm³/mol. The molecular formula is C30H28N2O. The molecule has 164 valence electrons. The van der Waals surface area contributed by atoms with Gasteiger partial charge >= 0.3 is 0 Å².